The third-order valence-corrected chi connectivity index (χ3v) is 4.66. The highest BCUT2D eigenvalue weighted by molar-refractivity contribution is 9.10. The van der Waals surface area contributed by atoms with E-state index >= 15 is 0 Å². The lowest BCUT2D eigenvalue weighted by Crippen LogP contribution is -2.48. The molecule has 2 aromatic rings. The largest absolute Gasteiger partial charge is 0.349 e. The van der Waals surface area contributed by atoms with Crippen molar-refractivity contribution in [2.75, 3.05) is 0 Å². The van der Waals surface area contributed by atoms with Gasteiger partial charge in [0.15, 0.2) is 0 Å². The molecule has 1 amide bonds. The molecule has 5 heteroatoms. The van der Waals surface area contributed by atoms with Gasteiger partial charge in [-0.15, -0.1) is 11.3 Å². The van der Waals surface area contributed by atoms with Gasteiger partial charge in [0.25, 0.3) is 0 Å². The molecule has 1 atom stereocenters. The molecule has 106 valence electrons. The first kappa shape index (κ1) is 15.2. The summed E-state index contributed by atoms with van der Waals surface area (Å²) in [6.07, 6.45) is 0. The summed E-state index contributed by atoms with van der Waals surface area (Å²) in [5, 5.41) is 2.90. The van der Waals surface area contributed by atoms with E-state index in [0.717, 1.165) is 14.9 Å². The molecule has 0 bridgehead atoms. The molecule has 0 aliphatic carbocycles. The summed E-state index contributed by atoms with van der Waals surface area (Å²) in [6, 6.07) is 11.6. The SMILES string of the molecule is Cc1ccc(CNC(=O)C(C)(N)c2ccc(Br)cc2)s1. The molecule has 2 rings (SSSR count). The van der Waals surface area contributed by atoms with E-state index in [1.807, 2.05) is 43.3 Å². The fraction of sp³-hybridized carbons (Fsp3) is 0.267. The van der Waals surface area contributed by atoms with Gasteiger partial charge in [-0.05, 0) is 43.7 Å². The van der Waals surface area contributed by atoms with Gasteiger partial charge in [0.05, 0.1) is 6.54 Å². The summed E-state index contributed by atoms with van der Waals surface area (Å²) in [6.45, 7) is 4.29. The van der Waals surface area contributed by atoms with Crippen molar-refractivity contribution >= 4 is 33.2 Å². The Morgan fingerprint density at radius 1 is 1.30 bits per heavy atom. The number of thiophene rings is 1. The van der Waals surface area contributed by atoms with Crippen LogP contribution in [0.25, 0.3) is 0 Å². The van der Waals surface area contributed by atoms with Crippen molar-refractivity contribution < 1.29 is 4.79 Å². The van der Waals surface area contributed by atoms with E-state index in [9.17, 15) is 4.79 Å². The maximum absolute atomic E-state index is 12.3. The van der Waals surface area contributed by atoms with Crippen molar-refractivity contribution in [3.05, 3.63) is 56.2 Å². The Balaban J connectivity index is 2.05. The van der Waals surface area contributed by atoms with E-state index < -0.39 is 5.54 Å². The number of nitrogens with two attached hydrogens (primary N) is 1. The first-order valence-corrected chi connectivity index (χ1v) is 7.89. The molecule has 1 aromatic heterocycles. The van der Waals surface area contributed by atoms with E-state index in [1.165, 1.54) is 4.88 Å². The zero-order chi connectivity index (χ0) is 14.8. The third kappa shape index (κ3) is 3.48. The van der Waals surface area contributed by atoms with Gasteiger partial charge >= 0.3 is 0 Å². The number of carbonyl (C=O) groups excluding carboxylic acids is 1. The van der Waals surface area contributed by atoms with Crippen LogP contribution in [-0.4, -0.2) is 5.91 Å². The molecule has 3 nitrogen and oxygen atoms in total. The lowest BCUT2D eigenvalue weighted by atomic mass is 9.92. The summed E-state index contributed by atoms with van der Waals surface area (Å²) >= 11 is 5.05. The Morgan fingerprint density at radius 2 is 1.95 bits per heavy atom. The molecule has 20 heavy (non-hydrogen) atoms. The first-order chi connectivity index (χ1) is 9.39. The van der Waals surface area contributed by atoms with Crippen LogP contribution in [0.3, 0.4) is 0 Å². The number of nitrogens with one attached hydrogen (secondary N) is 1. The highest BCUT2D eigenvalue weighted by Crippen LogP contribution is 2.21. The summed E-state index contributed by atoms with van der Waals surface area (Å²) in [5.41, 5.74) is 5.93. The highest BCUT2D eigenvalue weighted by Gasteiger charge is 2.30. The van der Waals surface area contributed by atoms with E-state index in [-0.39, 0.29) is 5.91 Å². The van der Waals surface area contributed by atoms with Crippen molar-refractivity contribution in [3.63, 3.8) is 0 Å². The number of hydrogen-bond acceptors (Lipinski definition) is 3. The maximum atomic E-state index is 12.3. The number of hydrogen-bond donors (Lipinski definition) is 2. The predicted octanol–water partition coefficient (Wildman–Crippen LogP) is 3.31. The van der Waals surface area contributed by atoms with Crippen LogP contribution >= 0.6 is 27.3 Å². The van der Waals surface area contributed by atoms with Gasteiger partial charge in [-0.2, -0.15) is 0 Å². The van der Waals surface area contributed by atoms with Gasteiger partial charge in [-0.3, -0.25) is 4.79 Å². The predicted molar refractivity (Wildman–Crippen MR) is 86.6 cm³/mol. The molecule has 0 spiro atoms. The Labute approximate surface area is 131 Å². The minimum absolute atomic E-state index is 0.175. The van der Waals surface area contributed by atoms with Crippen LogP contribution < -0.4 is 11.1 Å². The molecular weight excluding hydrogens is 336 g/mol. The molecule has 1 unspecified atom stereocenters. The summed E-state index contributed by atoms with van der Waals surface area (Å²) < 4.78 is 0.964. The van der Waals surface area contributed by atoms with Gasteiger partial charge in [-0.25, -0.2) is 0 Å². The van der Waals surface area contributed by atoms with Crippen LogP contribution in [0, 0.1) is 6.92 Å². The molecule has 0 aliphatic heterocycles. The Kier molecular flexibility index (Phi) is 4.62. The van der Waals surface area contributed by atoms with Gasteiger partial charge < -0.3 is 11.1 Å². The average molecular weight is 353 g/mol. The minimum Gasteiger partial charge on any atom is -0.349 e. The fourth-order valence-corrected chi connectivity index (χ4v) is 2.95. The molecule has 0 fully saturated rings. The lowest BCUT2D eigenvalue weighted by Gasteiger charge is -2.24. The number of carbonyl (C=O) groups is 1. The van der Waals surface area contributed by atoms with Gasteiger partial charge in [0, 0.05) is 14.2 Å². The van der Waals surface area contributed by atoms with Crippen LogP contribution in [0.5, 0.6) is 0 Å². The number of halogens is 1. The Hall–Kier alpha value is -1.17. The smallest absolute Gasteiger partial charge is 0.244 e. The van der Waals surface area contributed by atoms with E-state index in [1.54, 1.807) is 18.3 Å². The topological polar surface area (TPSA) is 55.1 Å². The van der Waals surface area contributed by atoms with Crippen LogP contribution in [0.2, 0.25) is 0 Å². The average Bonchev–Trinajstić information content (AvgIpc) is 2.82. The second-order valence-corrected chi connectivity index (χ2v) is 7.19. The van der Waals surface area contributed by atoms with Crippen molar-refractivity contribution in [3.8, 4) is 0 Å². The third-order valence-electron chi connectivity index (χ3n) is 3.13. The number of benzene rings is 1. The molecule has 1 heterocycles. The molecule has 0 radical (unpaired) electrons. The molecule has 3 N–H and O–H groups in total. The zero-order valence-electron chi connectivity index (χ0n) is 11.4. The molecule has 0 aliphatic rings. The molecule has 1 aromatic carbocycles. The van der Waals surface area contributed by atoms with Crippen molar-refractivity contribution in [2.24, 2.45) is 5.73 Å². The van der Waals surface area contributed by atoms with Gasteiger partial charge in [0.1, 0.15) is 5.54 Å². The van der Waals surface area contributed by atoms with Crippen molar-refractivity contribution in [1.29, 1.82) is 0 Å². The first-order valence-electron chi connectivity index (χ1n) is 6.28. The number of aryl methyl sites for hydroxylation is 1. The van der Waals surface area contributed by atoms with Crippen molar-refractivity contribution in [2.45, 2.75) is 25.9 Å². The van der Waals surface area contributed by atoms with Gasteiger partial charge in [-0.1, -0.05) is 28.1 Å². The number of rotatable bonds is 4. The standard InChI is InChI=1S/C15H17BrN2OS/c1-10-3-8-13(20-10)9-18-14(19)15(2,17)11-4-6-12(16)7-5-11/h3-8H,9,17H2,1-2H3,(H,18,19). The highest BCUT2D eigenvalue weighted by atomic mass is 79.9. The quantitative estimate of drug-likeness (QED) is 0.886. The second-order valence-electron chi connectivity index (χ2n) is 4.90. The van der Waals surface area contributed by atoms with Crippen LogP contribution in [-0.2, 0) is 16.9 Å². The monoisotopic (exact) mass is 352 g/mol. The minimum atomic E-state index is -1.03. The maximum Gasteiger partial charge on any atom is 0.244 e. The summed E-state index contributed by atoms with van der Waals surface area (Å²) in [4.78, 5) is 14.6. The van der Waals surface area contributed by atoms with Crippen LogP contribution in [0.15, 0.2) is 40.9 Å². The molecule has 0 saturated carbocycles. The van der Waals surface area contributed by atoms with Crippen LogP contribution in [0.4, 0.5) is 0 Å². The lowest BCUT2D eigenvalue weighted by molar-refractivity contribution is -0.126. The van der Waals surface area contributed by atoms with Crippen molar-refractivity contribution in [1.82, 2.24) is 5.32 Å². The van der Waals surface area contributed by atoms with E-state index in [4.69, 9.17) is 5.73 Å². The van der Waals surface area contributed by atoms with Crippen LogP contribution in [0.1, 0.15) is 22.2 Å². The van der Waals surface area contributed by atoms with Gasteiger partial charge in [0.2, 0.25) is 5.91 Å². The fourth-order valence-electron chi connectivity index (χ4n) is 1.86. The zero-order valence-corrected chi connectivity index (χ0v) is 13.8. The summed E-state index contributed by atoms with van der Waals surface area (Å²) in [5.74, 6) is -0.175. The van der Waals surface area contributed by atoms with E-state index in [0.29, 0.717) is 6.54 Å². The molecule has 0 saturated heterocycles. The molecular formula is C15H17BrN2OS. The second kappa shape index (κ2) is 6.08. The summed E-state index contributed by atoms with van der Waals surface area (Å²) in [7, 11) is 0. The Morgan fingerprint density at radius 3 is 2.50 bits per heavy atom. The number of amides is 1. The van der Waals surface area contributed by atoms with E-state index in [2.05, 4.69) is 21.2 Å². The normalized spacial score (nSPS) is 13.8. The Bertz CT molecular complexity index is 605.